The van der Waals surface area contributed by atoms with E-state index in [0.717, 1.165) is 22.4 Å². The molecule has 4 aromatic rings. The molecule has 0 aliphatic carbocycles. The number of rotatable bonds is 6. The quantitative estimate of drug-likeness (QED) is 0.349. The number of nitrogens with zero attached hydrogens (tertiary/aromatic N) is 3. The van der Waals surface area contributed by atoms with Crippen LogP contribution in [-0.4, -0.2) is 30.0 Å². The van der Waals surface area contributed by atoms with Crippen molar-refractivity contribution in [3.8, 4) is 0 Å². The molecule has 2 aromatic heterocycles. The predicted molar refractivity (Wildman–Crippen MR) is 138 cm³/mol. The summed E-state index contributed by atoms with van der Waals surface area (Å²) in [5.74, 6) is 1.21. The highest BCUT2D eigenvalue weighted by Gasteiger charge is 2.23. The number of nitrogens with one attached hydrogen (secondary N) is 3. The lowest BCUT2D eigenvalue weighted by Gasteiger charge is -2.16. The summed E-state index contributed by atoms with van der Waals surface area (Å²) in [5, 5.41) is 14.5. The van der Waals surface area contributed by atoms with Gasteiger partial charge in [-0.25, -0.2) is 4.98 Å². The molecule has 1 atom stereocenters. The molecule has 3 heterocycles. The van der Waals surface area contributed by atoms with E-state index in [2.05, 4.69) is 32.0 Å². The van der Waals surface area contributed by atoms with E-state index in [1.54, 1.807) is 23.1 Å². The van der Waals surface area contributed by atoms with Gasteiger partial charge in [0.25, 0.3) is 5.91 Å². The van der Waals surface area contributed by atoms with Gasteiger partial charge in [-0.05, 0) is 47.8 Å². The summed E-state index contributed by atoms with van der Waals surface area (Å²) in [5.41, 5.74) is 2.99. The molecular weight excluding hydrogens is 452 g/mol. The molecule has 0 spiro atoms. The lowest BCUT2D eigenvalue weighted by atomic mass is 10.2. The van der Waals surface area contributed by atoms with Crippen LogP contribution in [0.5, 0.6) is 0 Å². The van der Waals surface area contributed by atoms with Crippen molar-refractivity contribution in [2.24, 2.45) is 0 Å². The van der Waals surface area contributed by atoms with Crippen LogP contribution in [0.1, 0.15) is 10.3 Å². The van der Waals surface area contributed by atoms with Crippen LogP contribution >= 0.6 is 23.1 Å². The minimum atomic E-state index is -0.157. The maximum Gasteiger partial charge on any atom is 0.272 e. The van der Waals surface area contributed by atoms with Gasteiger partial charge in [-0.15, -0.1) is 23.1 Å². The normalized spacial score (nSPS) is 15.1. The second kappa shape index (κ2) is 9.13. The topological polar surface area (TPSA) is 82.2 Å². The molecule has 1 aliphatic heterocycles. The summed E-state index contributed by atoms with van der Waals surface area (Å²) in [4.78, 5) is 25.1. The third-order valence-electron chi connectivity index (χ3n) is 5.06. The monoisotopic (exact) mass is 474 g/mol. The molecule has 3 N–H and O–H groups in total. The van der Waals surface area contributed by atoms with Gasteiger partial charge >= 0.3 is 0 Å². The lowest BCUT2D eigenvalue weighted by Crippen LogP contribution is -2.24. The molecule has 0 radical (unpaired) electrons. The molecule has 1 amide bonds. The number of amides is 1. The first kappa shape index (κ1) is 21.3. The van der Waals surface area contributed by atoms with Gasteiger partial charge in [0.2, 0.25) is 5.95 Å². The van der Waals surface area contributed by atoms with Crippen molar-refractivity contribution in [2.45, 2.75) is 5.37 Å². The van der Waals surface area contributed by atoms with Crippen LogP contribution in [-0.2, 0) is 4.79 Å². The van der Waals surface area contributed by atoms with E-state index < -0.39 is 0 Å². The number of fused-ring (bicyclic) bond motifs is 1. The maximum absolute atomic E-state index is 12.6. The van der Waals surface area contributed by atoms with Crippen LogP contribution in [0.15, 0.2) is 77.1 Å². The Hall–Kier alpha value is -3.56. The fourth-order valence-electron chi connectivity index (χ4n) is 3.46. The highest BCUT2D eigenvalue weighted by Crippen LogP contribution is 2.36. The standard InChI is InChI=1S/C24H22N6OS2/c1-30(2)21-17-6-3-4-7-18(17)28-24(29-21)26-16-11-9-15(10-12-16)25-22(31)19-14-33-23(27-19)20-8-5-13-32-20/h3-14,23,27H,1-2H3,(H,25,31)(H,26,28,29). The van der Waals surface area contributed by atoms with Gasteiger partial charge in [-0.2, -0.15) is 4.98 Å². The first-order valence-corrected chi connectivity index (χ1v) is 12.2. The van der Waals surface area contributed by atoms with Crippen molar-refractivity contribution in [1.29, 1.82) is 0 Å². The zero-order valence-electron chi connectivity index (χ0n) is 18.1. The predicted octanol–water partition coefficient (Wildman–Crippen LogP) is 5.32. The van der Waals surface area contributed by atoms with Crippen LogP contribution in [0.2, 0.25) is 0 Å². The van der Waals surface area contributed by atoms with Crippen molar-refractivity contribution in [3.63, 3.8) is 0 Å². The smallest absolute Gasteiger partial charge is 0.272 e. The SMILES string of the molecule is CN(C)c1nc(Nc2ccc(NC(=O)C3=CSC(c4cccs4)N3)cc2)nc2ccccc12. The number of carbonyl (C=O) groups is 1. The van der Waals surface area contributed by atoms with E-state index in [1.807, 2.05) is 84.4 Å². The largest absolute Gasteiger partial charge is 0.364 e. The average Bonchev–Trinajstić information content (AvgIpc) is 3.52. The first-order valence-electron chi connectivity index (χ1n) is 10.3. The Morgan fingerprint density at radius 1 is 1.00 bits per heavy atom. The Morgan fingerprint density at radius 2 is 1.79 bits per heavy atom. The Balaban J connectivity index is 1.25. The van der Waals surface area contributed by atoms with Gasteiger partial charge in [0, 0.05) is 41.1 Å². The Bertz CT molecular complexity index is 1320. The fraction of sp³-hybridized carbons (Fsp3) is 0.125. The van der Waals surface area contributed by atoms with Gasteiger partial charge in [0.05, 0.1) is 5.52 Å². The van der Waals surface area contributed by atoms with E-state index in [-0.39, 0.29) is 11.3 Å². The second-order valence-corrected chi connectivity index (χ2v) is 9.60. The number of aromatic nitrogens is 2. The Kier molecular flexibility index (Phi) is 5.89. The highest BCUT2D eigenvalue weighted by molar-refractivity contribution is 8.02. The van der Waals surface area contributed by atoms with Crippen LogP contribution in [0.25, 0.3) is 10.9 Å². The van der Waals surface area contributed by atoms with Crippen LogP contribution in [0.3, 0.4) is 0 Å². The summed E-state index contributed by atoms with van der Waals surface area (Å²) in [6.07, 6.45) is 0. The molecule has 0 saturated carbocycles. The molecule has 0 bridgehead atoms. The van der Waals surface area contributed by atoms with Crippen molar-refractivity contribution in [1.82, 2.24) is 15.3 Å². The fourth-order valence-corrected chi connectivity index (χ4v) is 5.31. The third kappa shape index (κ3) is 4.64. The molecule has 5 rings (SSSR count). The van der Waals surface area contributed by atoms with Crippen molar-refractivity contribution >= 4 is 63.0 Å². The zero-order chi connectivity index (χ0) is 22.8. The second-order valence-electron chi connectivity index (χ2n) is 7.65. The Morgan fingerprint density at radius 3 is 2.55 bits per heavy atom. The van der Waals surface area contributed by atoms with Crippen molar-refractivity contribution in [2.75, 3.05) is 29.6 Å². The molecule has 0 saturated heterocycles. The molecule has 1 aliphatic rings. The number of anilines is 4. The van der Waals surface area contributed by atoms with Gasteiger partial charge < -0.3 is 20.9 Å². The van der Waals surface area contributed by atoms with Crippen LogP contribution < -0.4 is 20.9 Å². The summed E-state index contributed by atoms with van der Waals surface area (Å²) in [6, 6.07) is 19.5. The van der Waals surface area contributed by atoms with Gasteiger partial charge in [-0.3, -0.25) is 4.79 Å². The van der Waals surface area contributed by atoms with E-state index in [9.17, 15) is 4.79 Å². The molecule has 7 nitrogen and oxygen atoms in total. The summed E-state index contributed by atoms with van der Waals surface area (Å²) >= 11 is 3.28. The van der Waals surface area contributed by atoms with E-state index in [4.69, 9.17) is 0 Å². The number of thioether (sulfide) groups is 1. The molecule has 9 heteroatoms. The zero-order valence-corrected chi connectivity index (χ0v) is 19.7. The average molecular weight is 475 g/mol. The van der Waals surface area contributed by atoms with Gasteiger partial charge in [0.15, 0.2) is 0 Å². The summed E-state index contributed by atoms with van der Waals surface area (Å²) < 4.78 is 0. The molecule has 1 unspecified atom stereocenters. The van der Waals surface area contributed by atoms with E-state index in [1.165, 1.54) is 4.88 Å². The van der Waals surface area contributed by atoms with Crippen LogP contribution in [0.4, 0.5) is 23.1 Å². The van der Waals surface area contributed by atoms with E-state index in [0.29, 0.717) is 17.3 Å². The lowest BCUT2D eigenvalue weighted by molar-refractivity contribution is -0.113. The van der Waals surface area contributed by atoms with Crippen molar-refractivity contribution in [3.05, 3.63) is 82.0 Å². The minimum absolute atomic E-state index is 0.0892. The number of carbonyl (C=O) groups excluding carboxylic acids is 1. The van der Waals surface area contributed by atoms with Crippen molar-refractivity contribution < 1.29 is 4.79 Å². The van der Waals surface area contributed by atoms with Gasteiger partial charge in [0.1, 0.15) is 16.9 Å². The maximum atomic E-state index is 12.6. The molecule has 0 fully saturated rings. The molecule has 2 aromatic carbocycles. The molecular formula is C24H22N6OS2. The number of thiophene rings is 1. The van der Waals surface area contributed by atoms with Gasteiger partial charge in [-0.1, -0.05) is 18.2 Å². The number of hydrogen-bond acceptors (Lipinski definition) is 8. The molecule has 33 heavy (non-hydrogen) atoms. The third-order valence-corrected chi connectivity index (χ3v) is 7.16. The number of benzene rings is 2. The minimum Gasteiger partial charge on any atom is -0.364 e. The highest BCUT2D eigenvalue weighted by atomic mass is 32.2. The van der Waals surface area contributed by atoms with Crippen LogP contribution in [0, 0.1) is 0 Å². The number of para-hydroxylation sites is 1. The van der Waals surface area contributed by atoms with E-state index >= 15 is 0 Å². The summed E-state index contributed by atoms with van der Waals surface area (Å²) in [7, 11) is 3.93. The molecule has 166 valence electrons. The number of hydrogen-bond donors (Lipinski definition) is 3. The Labute approximate surface area is 199 Å². The first-order chi connectivity index (χ1) is 16.1. The summed E-state index contributed by atoms with van der Waals surface area (Å²) in [6.45, 7) is 0.